The maximum absolute atomic E-state index is 4.28. The van der Waals surface area contributed by atoms with E-state index in [-0.39, 0.29) is 0 Å². The maximum atomic E-state index is 4.28. The van der Waals surface area contributed by atoms with E-state index in [2.05, 4.69) is 20.7 Å². The maximum Gasteiger partial charge on any atom is 0.124 e. The predicted molar refractivity (Wildman–Crippen MR) is 68.0 cm³/mol. The minimum absolute atomic E-state index is 0.586. The van der Waals surface area contributed by atoms with Crippen LogP contribution in [-0.2, 0) is 13.1 Å². The Bertz CT molecular complexity index is 464. The van der Waals surface area contributed by atoms with Crippen molar-refractivity contribution in [3.63, 3.8) is 0 Å². The second-order valence-corrected chi connectivity index (χ2v) is 5.18. The van der Waals surface area contributed by atoms with Crippen LogP contribution in [0.4, 0.5) is 5.82 Å². The minimum atomic E-state index is 0.586. The van der Waals surface area contributed by atoms with E-state index < -0.39 is 0 Å². The first-order valence-electron chi connectivity index (χ1n) is 5.76. The Morgan fingerprint density at radius 1 is 1.53 bits per heavy atom. The first-order valence-corrected chi connectivity index (χ1v) is 6.64. The van der Waals surface area contributed by atoms with E-state index >= 15 is 0 Å². The molecule has 0 radical (unpaired) electrons. The number of rotatable bonds is 4. The quantitative estimate of drug-likeness (QED) is 0.854. The highest BCUT2D eigenvalue weighted by Gasteiger charge is 2.17. The van der Waals surface area contributed by atoms with Crippen LogP contribution in [0.2, 0.25) is 0 Å². The molecule has 2 aromatic heterocycles. The van der Waals surface area contributed by atoms with Gasteiger partial charge in [0, 0.05) is 49.7 Å². The molecule has 0 amide bonds. The number of thiazole rings is 1. The Kier molecular flexibility index (Phi) is 3.06. The van der Waals surface area contributed by atoms with Crippen LogP contribution in [0.1, 0.15) is 5.01 Å². The van der Waals surface area contributed by atoms with Gasteiger partial charge in [-0.2, -0.15) is 5.10 Å². The van der Waals surface area contributed by atoms with Crippen LogP contribution in [0.15, 0.2) is 23.8 Å². The number of fused-ring (bicyclic) bond motifs is 1. The molecule has 2 N–H and O–H groups in total. The van der Waals surface area contributed by atoms with Gasteiger partial charge in [-0.15, -0.1) is 11.3 Å². The Balaban J connectivity index is 1.48. The van der Waals surface area contributed by atoms with E-state index in [1.807, 2.05) is 28.5 Å². The van der Waals surface area contributed by atoms with Gasteiger partial charge in [-0.3, -0.25) is 0 Å². The SMILES string of the molecule is c1csc(CNCC2CNc3ccnn3C2)n1. The van der Waals surface area contributed by atoms with Crippen LogP contribution in [-0.4, -0.2) is 27.9 Å². The molecule has 0 saturated carbocycles. The molecule has 5 nitrogen and oxygen atoms in total. The fraction of sp³-hybridized carbons (Fsp3) is 0.455. The lowest BCUT2D eigenvalue weighted by atomic mass is 10.1. The summed E-state index contributed by atoms with van der Waals surface area (Å²) in [7, 11) is 0. The van der Waals surface area contributed by atoms with Crippen molar-refractivity contribution in [3.8, 4) is 0 Å². The Labute approximate surface area is 104 Å². The first-order chi connectivity index (χ1) is 8.42. The molecule has 3 rings (SSSR count). The van der Waals surface area contributed by atoms with Gasteiger partial charge in [0.15, 0.2) is 0 Å². The monoisotopic (exact) mass is 249 g/mol. The zero-order valence-corrected chi connectivity index (χ0v) is 10.3. The number of hydrogen-bond acceptors (Lipinski definition) is 5. The Morgan fingerprint density at radius 2 is 2.53 bits per heavy atom. The molecule has 0 fully saturated rings. The summed E-state index contributed by atoms with van der Waals surface area (Å²) in [5.74, 6) is 1.71. The Hall–Kier alpha value is -1.40. The summed E-state index contributed by atoms with van der Waals surface area (Å²) in [5.41, 5.74) is 0. The van der Waals surface area contributed by atoms with Gasteiger partial charge in [-0.25, -0.2) is 9.67 Å². The van der Waals surface area contributed by atoms with Gasteiger partial charge in [-0.05, 0) is 0 Å². The van der Waals surface area contributed by atoms with Crippen LogP contribution in [0.5, 0.6) is 0 Å². The van der Waals surface area contributed by atoms with E-state index in [1.54, 1.807) is 11.3 Å². The smallest absolute Gasteiger partial charge is 0.124 e. The van der Waals surface area contributed by atoms with Gasteiger partial charge < -0.3 is 10.6 Å². The molecular formula is C11H15N5S. The number of anilines is 1. The van der Waals surface area contributed by atoms with Crippen molar-refractivity contribution in [2.75, 3.05) is 18.4 Å². The average Bonchev–Trinajstić information content (AvgIpc) is 2.98. The van der Waals surface area contributed by atoms with Crippen LogP contribution in [0.25, 0.3) is 0 Å². The van der Waals surface area contributed by atoms with Gasteiger partial charge in [0.1, 0.15) is 10.8 Å². The van der Waals surface area contributed by atoms with Gasteiger partial charge in [0.2, 0.25) is 0 Å². The molecule has 0 bridgehead atoms. The molecule has 1 aliphatic heterocycles. The summed E-state index contributed by atoms with van der Waals surface area (Å²) in [4.78, 5) is 4.25. The highest BCUT2D eigenvalue weighted by atomic mass is 32.1. The van der Waals surface area contributed by atoms with Crippen molar-refractivity contribution >= 4 is 17.2 Å². The molecule has 1 atom stereocenters. The largest absolute Gasteiger partial charge is 0.370 e. The third kappa shape index (κ3) is 2.48. The molecule has 17 heavy (non-hydrogen) atoms. The van der Waals surface area contributed by atoms with Gasteiger partial charge >= 0.3 is 0 Å². The van der Waals surface area contributed by atoms with Crippen LogP contribution in [0.3, 0.4) is 0 Å². The summed E-state index contributed by atoms with van der Waals surface area (Å²) in [6, 6.07) is 2.01. The second kappa shape index (κ2) is 4.85. The van der Waals surface area contributed by atoms with Crippen molar-refractivity contribution < 1.29 is 0 Å². The van der Waals surface area contributed by atoms with Crippen molar-refractivity contribution in [2.45, 2.75) is 13.1 Å². The molecule has 1 unspecified atom stereocenters. The second-order valence-electron chi connectivity index (χ2n) is 4.20. The number of nitrogens with one attached hydrogen (secondary N) is 2. The normalized spacial score (nSPS) is 18.7. The molecule has 3 heterocycles. The summed E-state index contributed by atoms with van der Waals surface area (Å²) >= 11 is 1.69. The lowest BCUT2D eigenvalue weighted by molar-refractivity contribution is 0.391. The van der Waals surface area contributed by atoms with Crippen molar-refractivity contribution in [2.24, 2.45) is 5.92 Å². The molecule has 0 aliphatic carbocycles. The van der Waals surface area contributed by atoms with E-state index in [0.29, 0.717) is 5.92 Å². The number of hydrogen-bond donors (Lipinski definition) is 2. The molecule has 0 aromatic carbocycles. The highest BCUT2D eigenvalue weighted by molar-refractivity contribution is 7.09. The highest BCUT2D eigenvalue weighted by Crippen LogP contribution is 2.15. The Morgan fingerprint density at radius 3 is 3.41 bits per heavy atom. The van der Waals surface area contributed by atoms with Crippen molar-refractivity contribution in [1.82, 2.24) is 20.1 Å². The lowest BCUT2D eigenvalue weighted by Crippen LogP contribution is -2.35. The summed E-state index contributed by atoms with van der Waals surface area (Å²) < 4.78 is 2.03. The molecule has 0 spiro atoms. The van der Waals surface area contributed by atoms with Gasteiger partial charge in [0.25, 0.3) is 0 Å². The van der Waals surface area contributed by atoms with Crippen LogP contribution in [0, 0.1) is 5.92 Å². The molecule has 2 aromatic rings. The minimum Gasteiger partial charge on any atom is -0.370 e. The van der Waals surface area contributed by atoms with E-state index in [4.69, 9.17) is 0 Å². The molecule has 0 saturated heterocycles. The molecular weight excluding hydrogens is 234 g/mol. The number of nitrogens with zero attached hydrogens (tertiary/aromatic N) is 3. The molecule has 90 valence electrons. The third-order valence-corrected chi connectivity index (χ3v) is 3.69. The zero-order valence-electron chi connectivity index (χ0n) is 9.47. The summed E-state index contributed by atoms with van der Waals surface area (Å²) in [6.45, 7) is 3.85. The van der Waals surface area contributed by atoms with Gasteiger partial charge in [-0.1, -0.05) is 0 Å². The number of aromatic nitrogens is 3. The standard InChI is InChI=1S/C11H15N5S/c1-2-15-16-8-9(6-14-10(1)16)5-12-7-11-13-3-4-17-11/h1-4,9,12,14H,5-8H2. The third-order valence-electron chi connectivity index (χ3n) is 2.91. The van der Waals surface area contributed by atoms with Crippen LogP contribution >= 0.6 is 11.3 Å². The van der Waals surface area contributed by atoms with E-state index in [0.717, 1.165) is 37.0 Å². The van der Waals surface area contributed by atoms with E-state index in [9.17, 15) is 0 Å². The van der Waals surface area contributed by atoms with E-state index in [1.165, 1.54) is 0 Å². The average molecular weight is 249 g/mol. The van der Waals surface area contributed by atoms with Crippen LogP contribution < -0.4 is 10.6 Å². The summed E-state index contributed by atoms with van der Waals surface area (Å²) in [6.07, 6.45) is 3.69. The fourth-order valence-corrected chi connectivity index (χ4v) is 2.63. The van der Waals surface area contributed by atoms with Crippen molar-refractivity contribution in [3.05, 3.63) is 28.8 Å². The summed E-state index contributed by atoms with van der Waals surface area (Å²) in [5, 5.41) is 14.3. The molecule has 1 aliphatic rings. The topological polar surface area (TPSA) is 54.8 Å². The predicted octanol–water partition coefficient (Wildman–Crippen LogP) is 1.17. The van der Waals surface area contributed by atoms with Crippen molar-refractivity contribution in [1.29, 1.82) is 0 Å². The fourth-order valence-electron chi connectivity index (χ4n) is 2.05. The van der Waals surface area contributed by atoms with Gasteiger partial charge in [0.05, 0.1) is 6.20 Å². The lowest BCUT2D eigenvalue weighted by Gasteiger charge is -2.24. The first kappa shape index (κ1) is 10.7. The zero-order chi connectivity index (χ0) is 11.5. The molecule has 6 heteroatoms.